The maximum Gasteiger partial charge on any atom is 0.417 e. The first-order chi connectivity index (χ1) is 12.5. The molecule has 2 aromatic carbocycles. The van der Waals surface area contributed by atoms with Crippen molar-refractivity contribution >= 4 is 31.7 Å². The number of benzene rings is 2. The average molecular weight is 406 g/mol. The molecule has 0 spiro atoms. The number of halogens is 1. The van der Waals surface area contributed by atoms with Crippen molar-refractivity contribution in [1.82, 2.24) is 0 Å². The molecular weight excluding hydrogens is 378 g/mol. The van der Waals surface area contributed by atoms with Crippen molar-refractivity contribution in [3.05, 3.63) is 58.6 Å². The van der Waals surface area contributed by atoms with Gasteiger partial charge in [0.1, 0.15) is 5.75 Å². The van der Waals surface area contributed by atoms with Gasteiger partial charge in [0.05, 0.1) is 6.61 Å². The number of carbonyl (C=O) groups is 1. The topological polar surface area (TPSA) is 47.6 Å². The molecule has 0 saturated heterocycles. The Morgan fingerprint density at radius 3 is 2.37 bits per heavy atom. The molecule has 0 aliphatic rings. The lowest BCUT2D eigenvalue weighted by Crippen LogP contribution is -2.40. The number of hydrogen-bond donors (Lipinski definition) is 1. The van der Waals surface area contributed by atoms with Crippen LogP contribution in [0.5, 0.6) is 5.75 Å². The molecule has 0 aliphatic carbocycles. The van der Waals surface area contributed by atoms with Gasteiger partial charge < -0.3 is 9.16 Å². The van der Waals surface area contributed by atoms with Crippen molar-refractivity contribution in [1.29, 1.82) is 0 Å². The molecule has 0 radical (unpaired) electrons. The largest absolute Gasteiger partial charge is 0.417 e. The first kappa shape index (κ1) is 21.5. The van der Waals surface area contributed by atoms with Gasteiger partial charge in [0.25, 0.3) is 0 Å². The van der Waals surface area contributed by atoms with E-state index in [9.17, 15) is 4.79 Å². The lowest BCUT2D eigenvalue weighted by molar-refractivity contribution is 0.215. The third-order valence-electron chi connectivity index (χ3n) is 5.05. The normalized spacial score (nSPS) is 12.0. The van der Waals surface area contributed by atoms with Crippen LogP contribution in [-0.2, 0) is 11.0 Å². The number of para-hydroxylation sites is 1. The summed E-state index contributed by atoms with van der Waals surface area (Å²) < 4.78 is 11.6. The Morgan fingerprint density at radius 2 is 1.78 bits per heavy atom. The molecule has 0 aromatic heterocycles. The van der Waals surface area contributed by atoms with Crippen molar-refractivity contribution in [2.75, 3.05) is 5.32 Å². The number of hydrogen-bond acceptors (Lipinski definition) is 3. The van der Waals surface area contributed by atoms with Gasteiger partial charge in [0.2, 0.25) is 0 Å². The second kappa shape index (κ2) is 8.46. The minimum absolute atomic E-state index is 0.125. The molecule has 0 atom stereocenters. The van der Waals surface area contributed by atoms with E-state index in [1.807, 2.05) is 31.2 Å². The summed E-state index contributed by atoms with van der Waals surface area (Å²) in [6.45, 7) is 13.5. The molecule has 0 saturated carbocycles. The van der Waals surface area contributed by atoms with E-state index in [0.29, 0.717) is 23.1 Å². The van der Waals surface area contributed by atoms with Gasteiger partial charge in [-0.3, -0.25) is 5.32 Å². The monoisotopic (exact) mass is 405 g/mol. The maximum absolute atomic E-state index is 12.1. The Labute approximate surface area is 168 Å². The Hall–Kier alpha value is -1.82. The number of ether oxygens (including phenoxy) is 1. The van der Waals surface area contributed by atoms with E-state index in [1.165, 1.54) is 0 Å². The van der Waals surface area contributed by atoms with Crippen LogP contribution >= 0.6 is 11.6 Å². The quantitative estimate of drug-likeness (QED) is 0.557. The minimum atomic E-state index is -1.88. The SMILES string of the molecule is Cc1c(Cl)cc(NC(=O)Oc2ccccc2)cc1CO[Si](C)(C)C(C)(C)C. The molecule has 4 nitrogen and oxygen atoms in total. The second-order valence-electron chi connectivity index (χ2n) is 8.12. The summed E-state index contributed by atoms with van der Waals surface area (Å²) in [5.74, 6) is 0.481. The van der Waals surface area contributed by atoms with Crippen LogP contribution in [0.15, 0.2) is 42.5 Å². The molecule has 27 heavy (non-hydrogen) atoms. The standard InChI is InChI=1S/C21H28ClNO3Si/c1-15-16(14-25-27(5,6)21(2,3)4)12-17(13-19(15)22)23-20(24)26-18-10-8-7-9-11-18/h7-13H,14H2,1-6H3,(H,23,24). The summed E-state index contributed by atoms with van der Waals surface area (Å²) in [5, 5.41) is 3.45. The Bertz CT molecular complexity index is 801. The van der Waals surface area contributed by atoms with E-state index in [-0.39, 0.29) is 5.04 Å². The summed E-state index contributed by atoms with van der Waals surface area (Å²) in [6.07, 6.45) is -0.558. The number of amides is 1. The number of nitrogens with one attached hydrogen (secondary N) is 1. The molecule has 0 aliphatic heterocycles. The summed E-state index contributed by atoms with van der Waals surface area (Å²) in [6, 6.07) is 12.5. The lowest BCUT2D eigenvalue weighted by atomic mass is 10.1. The summed E-state index contributed by atoms with van der Waals surface area (Å²) in [4.78, 5) is 12.1. The van der Waals surface area contributed by atoms with Crippen LogP contribution < -0.4 is 10.1 Å². The van der Waals surface area contributed by atoms with E-state index < -0.39 is 14.4 Å². The fourth-order valence-electron chi connectivity index (χ4n) is 2.17. The highest BCUT2D eigenvalue weighted by molar-refractivity contribution is 6.74. The van der Waals surface area contributed by atoms with Crippen LogP contribution in [0.2, 0.25) is 23.2 Å². The van der Waals surface area contributed by atoms with Crippen molar-refractivity contribution in [3.8, 4) is 5.75 Å². The minimum Gasteiger partial charge on any atom is -0.413 e. The fourth-order valence-corrected chi connectivity index (χ4v) is 3.36. The van der Waals surface area contributed by atoms with E-state index in [1.54, 1.807) is 18.2 Å². The van der Waals surface area contributed by atoms with Gasteiger partial charge in [0.15, 0.2) is 8.32 Å². The molecule has 0 bridgehead atoms. The van der Waals surface area contributed by atoms with Crippen LogP contribution in [0.1, 0.15) is 31.9 Å². The molecule has 1 N–H and O–H groups in total. The lowest BCUT2D eigenvalue weighted by Gasteiger charge is -2.36. The highest BCUT2D eigenvalue weighted by Crippen LogP contribution is 2.37. The van der Waals surface area contributed by atoms with Gasteiger partial charge in [-0.25, -0.2) is 4.79 Å². The summed E-state index contributed by atoms with van der Waals surface area (Å²) >= 11 is 6.37. The second-order valence-corrected chi connectivity index (χ2v) is 13.3. The first-order valence-corrected chi connectivity index (χ1v) is 12.2. The van der Waals surface area contributed by atoms with E-state index in [0.717, 1.165) is 11.1 Å². The zero-order chi connectivity index (χ0) is 20.2. The van der Waals surface area contributed by atoms with Crippen molar-refractivity contribution < 1.29 is 14.0 Å². The highest BCUT2D eigenvalue weighted by Gasteiger charge is 2.37. The van der Waals surface area contributed by atoms with Crippen LogP contribution in [0.25, 0.3) is 0 Å². The summed E-state index contributed by atoms with van der Waals surface area (Å²) in [5.41, 5.74) is 2.50. The number of carbonyl (C=O) groups excluding carboxylic acids is 1. The van der Waals surface area contributed by atoms with E-state index in [2.05, 4.69) is 39.2 Å². The van der Waals surface area contributed by atoms with Crippen LogP contribution in [0, 0.1) is 6.92 Å². The Kier molecular flexibility index (Phi) is 6.73. The van der Waals surface area contributed by atoms with E-state index in [4.69, 9.17) is 20.8 Å². The zero-order valence-electron chi connectivity index (χ0n) is 16.9. The van der Waals surface area contributed by atoms with Crippen molar-refractivity contribution in [3.63, 3.8) is 0 Å². The zero-order valence-corrected chi connectivity index (χ0v) is 18.6. The van der Waals surface area contributed by atoms with Crippen LogP contribution in [0.4, 0.5) is 10.5 Å². The molecule has 2 rings (SSSR count). The average Bonchev–Trinajstić information content (AvgIpc) is 2.56. The maximum atomic E-state index is 12.1. The molecule has 6 heteroatoms. The molecule has 0 fully saturated rings. The van der Waals surface area contributed by atoms with Gasteiger partial charge in [0, 0.05) is 10.7 Å². The third-order valence-corrected chi connectivity index (χ3v) is 9.92. The predicted molar refractivity (Wildman–Crippen MR) is 114 cm³/mol. The molecule has 0 heterocycles. The first-order valence-electron chi connectivity index (χ1n) is 8.96. The van der Waals surface area contributed by atoms with Gasteiger partial charge in [-0.05, 0) is 60.4 Å². The van der Waals surface area contributed by atoms with Gasteiger partial charge >= 0.3 is 6.09 Å². The predicted octanol–water partition coefficient (Wildman–Crippen LogP) is 6.78. The fraction of sp³-hybridized carbons (Fsp3) is 0.381. The third kappa shape index (κ3) is 5.83. The molecular formula is C21H28ClNO3Si. The van der Waals surface area contributed by atoms with Gasteiger partial charge in [-0.2, -0.15) is 0 Å². The van der Waals surface area contributed by atoms with E-state index >= 15 is 0 Å². The van der Waals surface area contributed by atoms with Crippen molar-refractivity contribution in [2.45, 2.75) is 52.4 Å². The highest BCUT2D eigenvalue weighted by atomic mass is 35.5. The van der Waals surface area contributed by atoms with Crippen LogP contribution in [0.3, 0.4) is 0 Å². The molecule has 0 unspecified atom stereocenters. The summed E-state index contributed by atoms with van der Waals surface area (Å²) in [7, 11) is -1.88. The Morgan fingerprint density at radius 1 is 1.15 bits per heavy atom. The molecule has 2 aromatic rings. The Balaban J connectivity index is 2.12. The number of anilines is 1. The van der Waals surface area contributed by atoms with Crippen LogP contribution in [-0.4, -0.2) is 14.4 Å². The molecule has 1 amide bonds. The number of rotatable bonds is 5. The van der Waals surface area contributed by atoms with Gasteiger partial charge in [-0.15, -0.1) is 0 Å². The molecule has 146 valence electrons. The van der Waals surface area contributed by atoms with Crippen molar-refractivity contribution in [2.24, 2.45) is 0 Å². The smallest absolute Gasteiger partial charge is 0.413 e. The van der Waals surface area contributed by atoms with Gasteiger partial charge in [-0.1, -0.05) is 50.6 Å².